The van der Waals surface area contributed by atoms with Crippen molar-refractivity contribution in [3.05, 3.63) is 32.1 Å². The molecule has 0 N–H and O–H groups in total. The van der Waals surface area contributed by atoms with Gasteiger partial charge in [0.05, 0.1) is 20.0 Å². The third-order valence-electron chi connectivity index (χ3n) is 4.23. The van der Waals surface area contributed by atoms with E-state index in [2.05, 4.69) is 0 Å². The zero-order valence-electron chi connectivity index (χ0n) is 12.1. The van der Waals surface area contributed by atoms with Crippen LogP contribution in [0.25, 0.3) is 0 Å². The highest BCUT2D eigenvalue weighted by Gasteiger charge is 2.70. The van der Waals surface area contributed by atoms with Crippen molar-refractivity contribution in [2.45, 2.75) is 23.9 Å². The van der Waals surface area contributed by atoms with E-state index >= 15 is 0 Å². The summed E-state index contributed by atoms with van der Waals surface area (Å²) in [5.74, 6) is 0.431. The van der Waals surface area contributed by atoms with Crippen LogP contribution in [0.1, 0.15) is 12.8 Å². The fraction of sp³-hybridized carbons (Fsp3) is 0.833. The molecular weight excluding hydrogens is 302 g/mol. The van der Waals surface area contributed by atoms with Gasteiger partial charge in [0.25, 0.3) is 5.54 Å². The van der Waals surface area contributed by atoms with Crippen LogP contribution in [-0.2, 0) is 4.74 Å². The number of alkyl halides is 1. The fourth-order valence-corrected chi connectivity index (χ4v) is 3.82. The number of rotatable bonds is 5. The molecule has 2 aliphatic rings. The monoisotopic (exact) mass is 320 g/mol. The van der Waals surface area contributed by atoms with Gasteiger partial charge in [-0.05, 0) is 6.08 Å². The van der Waals surface area contributed by atoms with Gasteiger partial charge in [-0.1, -0.05) is 0 Å². The zero-order valence-corrected chi connectivity index (χ0v) is 12.8. The molecule has 0 saturated carbocycles. The minimum atomic E-state index is -1.54. The summed E-state index contributed by atoms with van der Waals surface area (Å²) < 4.78 is 5.67. The number of fused-ring (bicyclic) bond motifs is 2. The van der Waals surface area contributed by atoms with Crippen LogP contribution >= 0.6 is 11.6 Å². The minimum Gasteiger partial charge on any atom is -0.489 e. The molecule has 1 heterocycles. The molecule has 0 radical (unpaired) electrons. The molecule has 1 aliphatic carbocycles. The summed E-state index contributed by atoms with van der Waals surface area (Å²) in [4.78, 5) is 22.5. The maximum atomic E-state index is 11.7. The van der Waals surface area contributed by atoms with E-state index in [0.717, 1.165) is 0 Å². The van der Waals surface area contributed by atoms with Gasteiger partial charge >= 0.3 is 5.54 Å². The molecule has 1 saturated heterocycles. The third kappa shape index (κ3) is 2.57. The van der Waals surface area contributed by atoms with Crippen LogP contribution in [0.5, 0.6) is 0 Å². The predicted octanol–water partition coefficient (Wildman–Crippen LogP) is 1.04. The lowest BCUT2D eigenvalue weighted by Gasteiger charge is -2.47. The van der Waals surface area contributed by atoms with E-state index in [0.29, 0.717) is 0 Å². The Balaban J connectivity index is 2.51. The van der Waals surface area contributed by atoms with Crippen molar-refractivity contribution < 1.29 is 19.1 Å². The molecule has 2 bridgehead atoms. The molecule has 0 spiro atoms. The number of nitro groups is 2. The highest BCUT2D eigenvalue weighted by molar-refractivity contribution is 6.17. The predicted molar refractivity (Wildman–Crippen MR) is 75.3 cm³/mol. The molecule has 0 aromatic carbocycles. The van der Waals surface area contributed by atoms with Crippen LogP contribution in [0.15, 0.2) is 11.8 Å². The Kier molecular flexibility index (Phi) is 3.88. The number of likely N-dealkylation sites (tertiary alicyclic amines) is 1. The Morgan fingerprint density at radius 2 is 2.00 bits per heavy atom. The van der Waals surface area contributed by atoms with Gasteiger partial charge in [-0.3, -0.25) is 20.2 Å². The van der Waals surface area contributed by atoms with Crippen LogP contribution in [0, 0.1) is 20.2 Å². The molecule has 118 valence electrons. The number of halogens is 1. The number of hydrogen-bond donors (Lipinski definition) is 0. The first kappa shape index (κ1) is 16.0. The molecule has 0 aromatic rings. The summed E-state index contributed by atoms with van der Waals surface area (Å²) in [7, 11) is 3.56. The Bertz CT molecular complexity index is 509. The SMILES string of the molecule is C[N+]1(C)C[C@]2([N+](=O)[O-])CC=C(OCCCl)[C@]([N+](=O)[O-])(C2)C1. The molecule has 9 heteroatoms. The van der Waals surface area contributed by atoms with Crippen LogP contribution in [0.2, 0.25) is 0 Å². The van der Waals surface area contributed by atoms with Gasteiger partial charge in [0.1, 0.15) is 13.0 Å². The van der Waals surface area contributed by atoms with Gasteiger partial charge < -0.3 is 9.22 Å². The number of nitrogens with zero attached hydrogens (tertiary/aromatic N) is 3. The van der Waals surface area contributed by atoms with Crippen LogP contribution < -0.4 is 0 Å². The zero-order chi connectivity index (χ0) is 15.9. The Morgan fingerprint density at radius 3 is 2.52 bits per heavy atom. The molecular formula is C12H19ClN3O5+. The smallest absolute Gasteiger partial charge is 0.332 e. The molecule has 2 atom stereocenters. The molecule has 2 rings (SSSR count). The van der Waals surface area contributed by atoms with Crippen molar-refractivity contribution >= 4 is 11.6 Å². The fourth-order valence-electron chi connectivity index (χ4n) is 3.74. The highest BCUT2D eigenvalue weighted by atomic mass is 35.5. The summed E-state index contributed by atoms with van der Waals surface area (Å²) in [5, 5.41) is 23.3. The van der Waals surface area contributed by atoms with E-state index in [1.54, 1.807) is 14.1 Å². The summed E-state index contributed by atoms with van der Waals surface area (Å²) in [6.45, 7) is 0.598. The van der Waals surface area contributed by atoms with Crippen molar-refractivity contribution in [1.82, 2.24) is 0 Å². The molecule has 1 aliphatic heterocycles. The standard InChI is InChI=1S/C12H19ClN3O5/c1-16(2)8-11(14(17)18)4-3-10(21-6-5-13)12(7-11,9-16)15(19)20/h3H,4-9H2,1-2H3/q+1/t11-,12-/m0/s1. The maximum absolute atomic E-state index is 11.7. The van der Waals surface area contributed by atoms with E-state index < -0.39 is 16.0 Å². The largest absolute Gasteiger partial charge is 0.489 e. The van der Waals surface area contributed by atoms with Crippen LogP contribution in [0.3, 0.4) is 0 Å². The second-order valence-corrected chi connectivity index (χ2v) is 6.89. The summed E-state index contributed by atoms with van der Waals surface area (Å²) in [5.41, 5.74) is -2.85. The van der Waals surface area contributed by atoms with Crippen molar-refractivity contribution in [3.8, 4) is 0 Å². The molecule has 8 nitrogen and oxygen atoms in total. The van der Waals surface area contributed by atoms with E-state index in [1.165, 1.54) is 6.08 Å². The molecule has 0 aromatic heterocycles. The average molecular weight is 321 g/mol. The second kappa shape index (κ2) is 5.10. The Hall–Kier alpha value is -1.41. The third-order valence-corrected chi connectivity index (χ3v) is 4.39. The molecule has 0 amide bonds. The van der Waals surface area contributed by atoms with E-state index in [1.807, 2.05) is 0 Å². The lowest BCUT2D eigenvalue weighted by molar-refractivity contribution is -0.934. The van der Waals surface area contributed by atoms with E-state index in [4.69, 9.17) is 16.3 Å². The van der Waals surface area contributed by atoms with Crippen molar-refractivity contribution in [2.75, 3.05) is 39.7 Å². The second-order valence-electron chi connectivity index (χ2n) is 6.51. The van der Waals surface area contributed by atoms with Crippen molar-refractivity contribution in [1.29, 1.82) is 0 Å². The quantitative estimate of drug-likeness (QED) is 0.326. The maximum Gasteiger partial charge on any atom is 0.332 e. The van der Waals surface area contributed by atoms with Crippen LogP contribution in [0.4, 0.5) is 0 Å². The topological polar surface area (TPSA) is 95.5 Å². The summed E-state index contributed by atoms with van der Waals surface area (Å²) in [6.07, 6.45) is 1.53. The highest BCUT2D eigenvalue weighted by Crippen LogP contribution is 2.45. The first-order valence-electron chi connectivity index (χ1n) is 6.68. The number of piperidine rings is 1. The van der Waals surface area contributed by atoms with E-state index in [-0.39, 0.29) is 53.6 Å². The first-order valence-corrected chi connectivity index (χ1v) is 7.21. The first-order chi connectivity index (χ1) is 9.67. The summed E-state index contributed by atoms with van der Waals surface area (Å²) >= 11 is 5.58. The van der Waals surface area contributed by atoms with Gasteiger partial charge in [0.2, 0.25) is 0 Å². The molecule has 21 heavy (non-hydrogen) atoms. The van der Waals surface area contributed by atoms with Crippen LogP contribution in [-0.4, -0.2) is 65.1 Å². The van der Waals surface area contributed by atoms with Gasteiger partial charge in [0, 0.05) is 16.3 Å². The number of ether oxygens (including phenoxy) is 1. The average Bonchev–Trinajstić information content (AvgIpc) is 2.35. The van der Waals surface area contributed by atoms with Gasteiger partial charge in [0.15, 0.2) is 18.8 Å². The lowest BCUT2D eigenvalue weighted by atomic mass is 9.70. The van der Waals surface area contributed by atoms with E-state index in [9.17, 15) is 20.2 Å². The number of hydrogen-bond acceptors (Lipinski definition) is 5. The molecule has 1 fully saturated rings. The molecule has 0 unspecified atom stereocenters. The number of quaternary nitrogens is 1. The normalized spacial score (nSPS) is 34.0. The van der Waals surface area contributed by atoms with Gasteiger partial charge in [-0.2, -0.15) is 0 Å². The minimum absolute atomic E-state index is 0.129. The van der Waals surface area contributed by atoms with Gasteiger partial charge in [-0.25, -0.2) is 0 Å². The van der Waals surface area contributed by atoms with Gasteiger partial charge in [-0.15, -0.1) is 11.6 Å². The Labute approximate surface area is 127 Å². The number of likely N-dealkylation sites (N-methyl/N-ethyl adjacent to an activating group) is 1. The Morgan fingerprint density at radius 1 is 1.33 bits per heavy atom. The lowest BCUT2D eigenvalue weighted by Crippen LogP contribution is -2.72. The van der Waals surface area contributed by atoms with Crippen molar-refractivity contribution in [2.24, 2.45) is 0 Å². The van der Waals surface area contributed by atoms with Crippen molar-refractivity contribution in [3.63, 3.8) is 0 Å². The summed E-state index contributed by atoms with van der Waals surface area (Å²) in [6, 6.07) is 0.